The molecular formula is C20H27N5O2. The highest BCUT2D eigenvalue weighted by molar-refractivity contribution is 5.75. The molecular weight excluding hydrogens is 342 g/mol. The lowest BCUT2D eigenvalue weighted by Gasteiger charge is -2.35. The molecule has 1 saturated carbocycles. The molecule has 2 N–H and O–H groups in total. The Morgan fingerprint density at radius 1 is 1.26 bits per heavy atom. The van der Waals surface area contributed by atoms with E-state index < -0.39 is 0 Å². The first-order valence-corrected chi connectivity index (χ1v) is 9.95. The van der Waals surface area contributed by atoms with Gasteiger partial charge in [-0.1, -0.05) is 6.07 Å². The number of hydrogen-bond donors (Lipinski definition) is 2. The largest absolute Gasteiger partial charge is 0.474 e. The predicted molar refractivity (Wildman–Crippen MR) is 101 cm³/mol. The summed E-state index contributed by atoms with van der Waals surface area (Å²) in [6, 6.07) is 3.90. The quantitative estimate of drug-likeness (QED) is 0.844. The first-order chi connectivity index (χ1) is 13.3. The van der Waals surface area contributed by atoms with Crippen LogP contribution in [0.5, 0.6) is 5.88 Å². The molecule has 2 amide bonds. The van der Waals surface area contributed by atoms with Crippen LogP contribution in [0.2, 0.25) is 0 Å². The average Bonchev–Trinajstić information content (AvgIpc) is 3.41. The Morgan fingerprint density at radius 3 is 2.93 bits per heavy atom. The van der Waals surface area contributed by atoms with Crippen LogP contribution in [0.25, 0.3) is 0 Å². The number of likely N-dealkylation sites (tertiary alicyclic amines) is 1. The van der Waals surface area contributed by atoms with Crippen molar-refractivity contribution in [3.05, 3.63) is 41.9 Å². The van der Waals surface area contributed by atoms with Crippen LogP contribution in [0.15, 0.2) is 30.7 Å². The maximum atomic E-state index is 12.9. The fourth-order valence-corrected chi connectivity index (χ4v) is 4.07. The number of pyridine rings is 1. The third kappa shape index (κ3) is 4.23. The van der Waals surface area contributed by atoms with Crippen molar-refractivity contribution in [3.63, 3.8) is 0 Å². The molecule has 0 aromatic carbocycles. The Balaban J connectivity index is 1.40. The van der Waals surface area contributed by atoms with E-state index in [0.717, 1.165) is 49.8 Å². The zero-order valence-corrected chi connectivity index (χ0v) is 15.6. The van der Waals surface area contributed by atoms with Crippen molar-refractivity contribution in [2.45, 2.75) is 63.6 Å². The molecule has 1 aliphatic carbocycles. The van der Waals surface area contributed by atoms with E-state index in [0.29, 0.717) is 12.4 Å². The highest BCUT2D eigenvalue weighted by atomic mass is 16.5. The van der Waals surface area contributed by atoms with Crippen molar-refractivity contribution in [3.8, 4) is 5.88 Å². The van der Waals surface area contributed by atoms with Gasteiger partial charge in [-0.05, 0) is 51.0 Å². The van der Waals surface area contributed by atoms with Gasteiger partial charge in [0, 0.05) is 36.6 Å². The van der Waals surface area contributed by atoms with Crippen LogP contribution in [-0.2, 0) is 6.54 Å². The number of urea groups is 1. The number of amides is 2. The van der Waals surface area contributed by atoms with Crippen LogP contribution >= 0.6 is 0 Å². The van der Waals surface area contributed by atoms with E-state index in [4.69, 9.17) is 4.74 Å². The molecule has 2 fully saturated rings. The van der Waals surface area contributed by atoms with Crippen LogP contribution in [0.3, 0.4) is 0 Å². The number of rotatable bonds is 5. The molecule has 0 radical (unpaired) electrons. The van der Waals surface area contributed by atoms with Crippen molar-refractivity contribution in [1.29, 1.82) is 0 Å². The number of nitrogens with one attached hydrogen (secondary N) is 2. The smallest absolute Gasteiger partial charge is 0.318 e. The molecule has 27 heavy (non-hydrogen) atoms. The van der Waals surface area contributed by atoms with Crippen LogP contribution in [0.4, 0.5) is 4.79 Å². The van der Waals surface area contributed by atoms with Gasteiger partial charge in [-0.25, -0.2) is 9.78 Å². The van der Waals surface area contributed by atoms with E-state index in [-0.39, 0.29) is 18.2 Å². The fourth-order valence-electron chi connectivity index (χ4n) is 4.07. The number of carbonyl (C=O) groups is 1. The van der Waals surface area contributed by atoms with Gasteiger partial charge in [-0.3, -0.25) is 5.10 Å². The van der Waals surface area contributed by atoms with Gasteiger partial charge in [0.1, 0.15) is 6.10 Å². The number of piperidine rings is 1. The van der Waals surface area contributed by atoms with Gasteiger partial charge >= 0.3 is 6.03 Å². The molecule has 1 aliphatic heterocycles. The number of ether oxygens (including phenoxy) is 1. The summed E-state index contributed by atoms with van der Waals surface area (Å²) in [4.78, 5) is 19.2. The maximum Gasteiger partial charge on any atom is 0.318 e. The molecule has 0 spiro atoms. The minimum absolute atomic E-state index is 0.0448. The number of aromatic nitrogens is 3. The molecule has 144 valence electrons. The zero-order valence-electron chi connectivity index (χ0n) is 15.6. The second-order valence-corrected chi connectivity index (χ2v) is 7.39. The Bertz CT molecular complexity index is 743. The molecule has 7 nitrogen and oxygen atoms in total. The minimum Gasteiger partial charge on any atom is -0.474 e. The van der Waals surface area contributed by atoms with Gasteiger partial charge in [0.2, 0.25) is 5.88 Å². The molecule has 2 aromatic rings. The number of hydrogen-bond acceptors (Lipinski definition) is 4. The number of carbonyl (C=O) groups excluding carboxylic acids is 1. The van der Waals surface area contributed by atoms with E-state index in [1.165, 1.54) is 12.8 Å². The molecule has 4 rings (SSSR count). The summed E-state index contributed by atoms with van der Waals surface area (Å²) < 4.78 is 6.08. The molecule has 0 bridgehead atoms. The van der Waals surface area contributed by atoms with Crippen molar-refractivity contribution in [2.75, 3.05) is 6.54 Å². The predicted octanol–water partition coefficient (Wildman–Crippen LogP) is 3.56. The summed E-state index contributed by atoms with van der Waals surface area (Å²) in [6.07, 6.45) is 13.4. The van der Waals surface area contributed by atoms with Gasteiger partial charge in [0.05, 0.1) is 12.2 Å². The summed E-state index contributed by atoms with van der Waals surface area (Å²) in [7, 11) is 0. The van der Waals surface area contributed by atoms with Crippen molar-refractivity contribution >= 4 is 6.03 Å². The first-order valence-electron chi connectivity index (χ1n) is 9.95. The second kappa shape index (κ2) is 8.41. The molecule has 1 unspecified atom stereocenters. The SMILES string of the molecule is O=C(NCc1cccnc1OC1CCCC1)N1CCCCC1c1cn[nH]c1. The first kappa shape index (κ1) is 17.8. The van der Waals surface area contributed by atoms with Gasteiger partial charge in [-0.2, -0.15) is 5.10 Å². The third-order valence-corrected chi connectivity index (χ3v) is 5.53. The summed E-state index contributed by atoms with van der Waals surface area (Å²) in [5.74, 6) is 0.648. The monoisotopic (exact) mass is 369 g/mol. The van der Waals surface area contributed by atoms with Crippen LogP contribution in [0, 0.1) is 0 Å². The van der Waals surface area contributed by atoms with E-state index in [9.17, 15) is 4.79 Å². The van der Waals surface area contributed by atoms with E-state index in [1.54, 1.807) is 6.20 Å². The lowest BCUT2D eigenvalue weighted by molar-refractivity contribution is 0.151. The van der Waals surface area contributed by atoms with Crippen LogP contribution in [-0.4, -0.2) is 38.8 Å². The standard InChI is InChI=1S/C20H27N5O2/c26-20(25-11-4-3-9-18(25)16-13-23-24-14-16)22-12-15-6-5-10-21-19(15)27-17-7-1-2-8-17/h5-6,10,13-14,17-18H,1-4,7-9,11-12H2,(H,22,26)(H,23,24). The second-order valence-electron chi connectivity index (χ2n) is 7.39. The Kier molecular flexibility index (Phi) is 5.55. The molecule has 3 heterocycles. The van der Waals surface area contributed by atoms with E-state index in [2.05, 4.69) is 20.5 Å². The van der Waals surface area contributed by atoms with Crippen molar-refractivity contribution < 1.29 is 9.53 Å². The molecule has 2 aromatic heterocycles. The lowest BCUT2D eigenvalue weighted by Crippen LogP contribution is -2.44. The molecule has 7 heteroatoms. The normalized spacial score (nSPS) is 20.6. The Hall–Kier alpha value is -2.57. The summed E-state index contributed by atoms with van der Waals surface area (Å²) in [5, 5.41) is 9.95. The molecule has 1 saturated heterocycles. The number of H-pyrrole nitrogens is 1. The average molecular weight is 369 g/mol. The summed E-state index contributed by atoms with van der Waals surface area (Å²) in [6.45, 7) is 1.18. The zero-order chi connectivity index (χ0) is 18.5. The van der Waals surface area contributed by atoms with Gasteiger partial charge < -0.3 is 15.0 Å². The Morgan fingerprint density at radius 2 is 2.11 bits per heavy atom. The van der Waals surface area contributed by atoms with Crippen molar-refractivity contribution in [2.24, 2.45) is 0 Å². The molecule has 2 aliphatic rings. The highest BCUT2D eigenvalue weighted by Gasteiger charge is 2.28. The highest BCUT2D eigenvalue weighted by Crippen LogP contribution is 2.30. The Labute approximate surface area is 159 Å². The van der Waals surface area contributed by atoms with E-state index in [1.807, 2.05) is 29.4 Å². The van der Waals surface area contributed by atoms with Gasteiger partial charge in [0.25, 0.3) is 0 Å². The van der Waals surface area contributed by atoms with Crippen molar-refractivity contribution in [1.82, 2.24) is 25.4 Å². The van der Waals surface area contributed by atoms with Crippen LogP contribution in [0.1, 0.15) is 62.1 Å². The fraction of sp³-hybridized carbons (Fsp3) is 0.550. The topological polar surface area (TPSA) is 83.1 Å². The number of nitrogens with zero attached hydrogens (tertiary/aromatic N) is 3. The molecule has 1 atom stereocenters. The minimum atomic E-state index is -0.0448. The van der Waals surface area contributed by atoms with Crippen LogP contribution < -0.4 is 10.1 Å². The van der Waals surface area contributed by atoms with Gasteiger partial charge in [0.15, 0.2) is 0 Å². The lowest BCUT2D eigenvalue weighted by atomic mass is 9.98. The summed E-state index contributed by atoms with van der Waals surface area (Å²) in [5.41, 5.74) is 1.99. The van der Waals surface area contributed by atoms with Gasteiger partial charge in [-0.15, -0.1) is 0 Å². The third-order valence-electron chi connectivity index (χ3n) is 5.53. The maximum absolute atomic E-state index is 12.9. The summed E-state index contributed by atoms with van der Waals surface area (Å²) >= 11 is 0. The number of aromatic amines is 1. The van der Waals surface area contributed by atoms with E-state index >= 15 is 0 Å².